The number of likely N-dealkylation sites (tertiary alicyclic amines) is 1. The fourth-order valence-corrected chi connectivity index (χ4v) is 1.30. The van der Waals surface area contributed by atoms with Crippen molar-refractivity contribution < 1.29 is 20.1 Å². The highest BCUT2D eigenvalue weighted by Crippen LogP contribution is 2.16. The predicted octanol–water partition coefficient (Wildman–Crippen LogP) is -0.908. The number of carboxylic acid groups (broad SMARTS) is 1. The number of carbonyl (C=O) groups is 1. The zero-order chi connectivity index (χ0) is 8.43. The molecule has 64 valence electrons. The minimum absolute atomic E-state index is 0.307. The van der Waals surface area contributed by atoms with Crippen molar-refractivity contribution in [3.05, 3.63) is 0 Å². The van der Waals surface area contributed by atoms with Crippen LogP contribution in [0.1, 0.15) is 6.42 Å². The van der Waals surface area contributed by atoms with E-state index in [1.54, 1.807) is 0 Å². The highest BCUT2D eigenvalue weighted by atomic mass is 16.4. The van der Waals surface area contributed by atoms with Gasteiger partial charge >= 0.3 is 6.09 Å². The topological polar surface area (TPSA) is 81.0 Å². The van der Waals surface area contributed by atoms with Gasteiger partial charge in [0.05, 0.1) is 18.8 Å². The molecule has 1 aliphatic rings. The molecule has 0 aliphatic carbocycles. The van der Waals surface area contributed by atoms with Gasteiger partial charge in [0.15, 0.2) is 0 Å². The number of nitrogens with zero attached hydrogens (tertiary/aromatic N) is 1. The van der Waals surface area contributed by atoms with Crippen LogP contribution in [0.25, 0.3) is 0 Å². The molecule has 3 N–H and O–H groups in total. The number of hydrogen-bond acceptors (Lipinski definition) is 3. The normalized spacial score (nSPS) is 30.9. The monoisotopic (exact) mass is 161 g/mol. The van der Waals surface area contributed by atoms with E-state index in [1.807, 2.05) is 0 Å². The quantitative estimate of drug-likeness (QED) is 0.465. The third-order valence-electron chi connectivity index (χ3n) is 1.94. The average molecular weight is 161 g/mol. The van der Waals surface area contributed by atoms with Crippen molar-refractivity contribution in [1.29, 1.82) is 0 Å². The second kappa shape index (κ2) is 3.06. The summed E-state index contributed by atoms with van der Waals surface area (Å²) in [6.45, 7) is -0.00477. The summed E-state index contributed by atoms with van der Waals surface area (Å²) in [5.74, 6) is 0. The van der Waals surface area contributed by atoms with Gasteiger partial charge in [0.25, 0.3) is 0 Å². The first kappa shape index (κ1) is 8.29. The number of amides is 1. The molecule has 0 saturated carbocycles. The Kier molecular flexibility index (Phi) is 2.31. The molecule has 5 heteroatoms. The second-order valence-corrected chi connectivity index (χ2v) is 2.58. The smallest absolute Gasteiger partial charge is 0.407 e. The summed E-state index contributed by atoms with van der Waals surface area (Å²) in [6.07, 6.45) is -1.38. The standard InChI is InChI=1S/C6H11NO4/c8-3-4-5(9)1-2-7(4)6(10)11/h4-5,8-9H,1-3H2,(H,10,11)/t4-,5+/m1/s1. The molecule has 11 heavy (non-hydrogen) atoms. The molecule has 1 rings (SSSR count). The van der Waals surface area contributed by atoms with Crippen molar-refractivity contribution in [1.82, 2.24) is 4.90 Å². The number of aliphatic hydroxyl groups is 2. The number of rotatable bonds is 1. The Hall–Kier alpha value is -0.810. The van der Waals surface area contributed by atoms with Crippen molar-refractivity contribution in [2.75, 3.05) is 13.2 Å². The lowest BCUT2D eigenvalue weighted by molar-refractivity contribution is 0.0671. The molecule has 0 aromatic heterocycles. The van der Waals surface area contributed by atoms with Gasteiger partial charge in [-0.1, -0.05) is 0 Å². The molecular formula is C6H11NO4. The van der Waals surface area contributed by atoms with Gasteiger partial charge in [0, 0.05) is 6.54 Å². The molecule has 1 aliphatic heterocycles. The van der Waals surface area contributed by atoms with E-state index in [1.165, 1.54) is 0 Å². The van der Waals surface area contributed by atoms with Gasteiger partial charge in [0.1, 0.15) is 0 Å². The third-order valence-corrected chi connectivity index (χ3v) is 1.94. The lowest BCUT2D eigenvalue weighted by atomic mass is 10.2. The van der Waals surface area contributed by atoms with Gasteiger partial charge in [0.2, 0.25) is 0 Å². The van der Waals surface area contributed by atoms with Crippen LogP contribution in [0.2, 0.25) is 0 Å². The number of hydrogen-bond donors (Lipinski definition) is 3. The van der Waals surface area contributed by atoms with Gasteiger partial charge in [-0.05, 0) is 6.42 Å². The minimum Gasteiger partial charge on any atom is -0.465 e. The maximum absolute atomic E-state index is 10.4. The largest absolute Gasteiger partial charge is 0.465 e. The van der Waals surface area contributed by atoms with Crippen LogP contribution >= 0.6 is 0 Å². The van der Waals surface area contributed by atoms with E-state index in [4.69, 9.17) is 15.3 Å². The lowest BCUT2D eigenvalue weighted by Crippen LogP contribution is -2.41. The average Bonchev–Trinajstić information content (AvgIpc) is 2.30. The molecule has 0 aromatic carbocycles. The van der Waals surface area contributed by atoms with Crippen molar-refractivity contribution in [2.45, 2.75) is 18.6 Å². The zero-order valence-corrected chi connectivity index (χ0v) is 5.97. The van der Waals surface area contributed by atoms with Crippen LogP contribution in [0.4, 0.5) is 4.79 Å². The maximum Gasteiger partial charge on any atom is 0.407 e. The highest BCUT2D eigenvalue weighted by molar-refractivity contribution is 5.66. The summed E-state index contributed by atoms with van der Waals surface area (Å²) in [7, 11) is 0. The summed E-state index contributed by atoms with van der Waals surface area (Å²) in [6, 6.07) is -0.632. The molecule has 2 atom stereocenters. The van der Waals surface area contributed by atoms with Gasteiger partial charge in [-0.15, -0.1) is 0 Å². The Balaban J connectivity index is 2.61. The van der Waals surface area contributed by atoms with Gasteiger partial charge in [-0.2, -0.15) is 0 Å². The van der Waals surface area contributed by atoms with Crippen molar-refractivity contribution in [3.8, 4) is 0 Å². The van der Waals surface area contributed by atoms with E-state index in [2.05, 4.69) is 0 Å². The Bertz CT molecular complexity index is 161. The fourth-order valence-electron chi connectivity index (χ4n) is 1.30. The molecule has 0 aromatic rings. The molecule has 1 heterocycles. The van der Waals surface area contributed by atoms with Crippen LogP contribution in [-0.4, -0.2) is 51.6 Å². The van der Waals surface area contributed by atoms with Crippen LogP contribution in [0.5, 0.6) is 0 Å². The van der Waals surface area contributed by atoms with Crippen molar-refractivity contribution in [3.63, 3.8) is 0 Å². The van der Waals surface area contributed by atoms with E-state index < -0.39 is 18.2 Å². The Labute approximate surface area is 63.9 Å². The van der Waals surface area contributed by atoms with E-state index >= 15 is 0 Å². The van der Waals surface area contributed by atoms with Crippen LogP contribution in [0.15, 0.2) is 0 Å². The first-order valence-electron chi connectivity index (χ1n) is 3.45. The van der Waals surface area contributed by atoms with Crippen LogP contribution in [0, 0.1) is 0 Å². The van der Waals surface area contributed by atoms with E-state index in [0.29, 0.717) is 13.0 Å². The first-order chi connectivity index (χ1) is 5.16. The first-order valence-corrected chi connectivity index (χ1v) is 3.45. The molecule has 0 unspecified atom stereocenters. The molecular weight excluding hydrogens is 150 g/mol. The molecule has 1 amide bonds. The summed E-state index contributed by atoms with van der Waals surface area (Å²) >= 11 is 0. The van der Waals surface area contributed by atoms with Crippen LogP contribution < -0.4 is 0 Å². The van der Waals surface area contributed by atoms with Crippen molar-refractivity contribution in [2.24, 2.45) is 0 Å². The van der Waals surface area contributed by atoms with Gasteiger partial charge in [-0.25, -0.2) is 4.79 Å². The van der Waals surface area contributed by atoms with Crippen LogP contribution in [-0.2, 0) is 0 Å². The van der Waals surface area contributed by atoms with E-state index in [-0.39, 0.29) is 6.61 Å². The van der Waals surface area contributed by atoms with Gasteiger partial charge in [-0.3, -0.25) is 0 Å². The van der Waals surface area contributed by atoms with E-state index in [0.717, 1.165) is 4.90 Å². The Morgan fingerprint density at radius 1 is 1.64 bits per heavy atom. The van der Waals surface area contributed by atoms with Gasteiger partial charge < -0.3 is 20.2 Å². The highest BCUT2D eigenvalue weighted by Gasteiger charge is 2.35. The van der Waals surface area contributed by atoms with Crippen molar-refractivity contribution >= 4 is 6.09 Å². The molecule has 0 spiro atoms. The summed E-state index contributed by atoms with van der Waals surface area (Å²) < 4.78 is 0. The molecule has 0 bridgehead atoms. The predicted molar refractivity (Wildman–Crippen MR) is 36.2 cm³/mol. The SMILES string of the molecule is O=C(O)N1CC[C@H](O)[C@H]1CO. The second-order valence-electron chi connectivity index (χ2n) is 2.58. The minimum atomic E-state index is -1.08. The summed E-state index contributed by atoms with van der Waals surface area (Å²) in [4.78, 5) is 11.5. The number of aliphatic hydroxyl groups excluding tert-OH is 2. The van der Waals surface area contributed by atoms with E-state index in [9.17, 15) is 4.79 Å². The lowest BCUT2D eigenvalue weighted by Gasteiger charge is -2.20. The Morgan fingerprint density at radius 3 is 2.64 bits per heavy atom. The fraction of sp³-hybridized carbons (Fsp3) is 0.833. The summed E-state index contributed by atoms with van der Waals surface area (Å²) in [5, 5.41) is 26.4. The molecule has 5 nitrogen and oxygen atoms in total. The molecule has 1 fully saturated rings. The summed E-state index contributed by atoms with van der Waals surface area (Å²) in [5.41, 5.74) is 0. The van der Waals surface area contributed by atoms with Crippen LogP contribution in [0.3, 0.4) is 0 Å². The Morgan fingerprint density at radius 2 is 2.27 bits per heavy atom. The third kappa shape index (κ3) is 1.44. The maximum atomic E-state index is 10.4. The molecule has 1 saturated heterocycles. The zero-order valence-electron chi connectivity index (χ0n) is 5.97. The molecule has 0 radical (unpaired) electrons.